The van der Waals surface area contributed by atoms with Crippen molar-refractivity contribution < 1.29 is 4.79 Å². The molecule has 2 rings (SSSR count). The Hall–Kier alpha value is -2.09. The second kappa shape index (κ2) is 5.27. The van der Waals surface area contributed by atoms with E-state index in [-0.39, 0.29) is 5.91 Å². The monoisotopic (exact) mass is 253 g/mol. The Balaban J connectivity index is 2.28. The van der Waals surface area contributed by atoms with Crippen molar-refractivity contribution in [2.45, 2.75) is 27.7 Å². The van der Waals surface area contributed by atoms with E-state index in [0.29, 0.717) is 0 Å². The molecule has 0 atom stereocenters. The van der Waals surface area contributed by atoms with Crippen LogP contribution in [0.5, 0.6) is 0 Å². The molecule has 1 N–H and O–H groups in total. The Morgan fingerprint density at radius 1 is 0.842 bits per heavy atom. The molecule has 0 aliphatic heterocycles. The van der Waals surface area contributed by atoms with Crippen molar-refractivity contribution in [1.29, 1.82) is 0 Å². The second-order valence-electron chi connectivity index (χ2n) is 5.09. The molecule has 0 fully saturated rings. The van der Waals surface area contributed by atoms with Crippen molar-refractivity contribution >= 4 is 11.6 Å². The van der Waals surface area contributed by atoms with Crippen molar-refractivity contribution in [1.82, 2.24) is 0 Å². The lowest BCUT2D eigenvalue weighted by atomic mass is 9.99. The van der Waals surface area contributed by atoms with Crippen LogP contribution in [0.25, 0.3) is 0 Å². The van der Waals surface area contributed by atoms with Crippen LogP contribution in [-0.4, -0.2) is 5.91 Å². The standard InChI is InChI=1S/C17H19NO/c1-11-5-7-15(8-6-11)18-17(19)16-13(3)9-12(2)10-14(16)4/h5-10H,1-4H3,(H,18,19). The summed E-state index contributed by atoms with van der Waals surface area (Å²) in [4.78, 5) is 12.3. The third-order valence-corrected chi connectivity index (χ3v) is 3.21. The van der Waals surface area contributed by atoms with Crippen LogP contribution < -0.4 is 5.32 Å². The molecular formula is C17H19NO. The first-order valence-corrected chi connectivity index (χ1v) is 6.43. The van der Waals surface area contributed by atoms with Gasteiger partial charge >= 0.3 is 0 Å². The summed E-state index contributed by atoms with van der Waals surface area (Å²) in [5.74, 6) is -0.0427. The number of amides is 1. The van der Waals surface area contributed by atoms with Gasteiger partial charge in [0.05, 0.1) is 0 Å². The fourth-order valence-corrected chi connectivity index (χ4v) is 2.37. The van der Waals surface area contributed by atoms with Crippen molar-refractivity contribution in [3.8, 4) is 0 Å². The number of aryl methyl sites for hydroxylation is 4. The molecule has 2 nitrogen and oxygen atoms in total. The van der Waals surface area contributed by atoms with E-state index in [2.05, 4.69) is 5.32 Å². The fraction of sp³-hybridized carbons (Fsp3) is 0.235. The molecule has 0 aromatic heterocycles. The lowest BCUT2D eigenvalue weighted by Gasteiger charge is -2.12. The largest absolute Gasteiger partial charge is 0.322 e. The minimum absolute atomic E-state index is 0.0427. The van der Waals surface area contributed by atoms with Crippen LogP contribution in [0.3, 0.4) is 0 Å². The molecule has 19 heavy (non-hydrogen) atoms. The molecule has 2 aromatic carbocycles. The van der Waals surface area contributed by atoms with E-state index < -0.39 is 0 Å². The lowest BCUT2D eigenvalue weighted by Crippen LogP contribution is -2.15. The first-order chi connectivity index (χ1) is 8.97. The van der Waals surface area contributed by atoms with Gasteiger partial charge in [-0.2, -0.15) is 0 Å². The highest BCUT2D eigenvalue weighted by Crippen LogP contribution is 2.18. The van der Waals surface area contributed by atoms with E-state index >= 15 is 0 Å². The number of carbonyl (C=O) groups is 1. The highest BCUT2D eigenvalue weighted by atomic mass is 16.1. The van der Waals surface area contributed by atoms with E-state index in [0.717, 1.165) is 22.4 Å². The predicted octanol–water partition coefficient (Wildman–Crippen LogP) is 4.17. The van der Waals surface area contributed by atoms with Crippen LogP contribution in [0.15, 0.2) is 36.4 Å². The smallest absolute Gasteiger partial charge is 0.256 e. The van der Waals surface area contributed by atoms with Crippen LogP contribution in [0.4, 0.5) is 5.69 Å². The average Bonchev–Trinajstić information content (AvgIpc) is 2.30. The number of carbonyl (C=O) groups excluding carboxylic acids is 1. The maximum atomic E-state index is 12.3. The summed E-state index contributed by atoms with van der Waals surface area (Å²) >= 11 is 0. The topological polar surface area (TPSA) is 29.1 Å². The maximum absolute atomic E-state index is 12.3. The second-order valence-corrected chi connectivity index (χ2v) is 5.09. The number of hydrogen-bond acceptors (Lipinski definition) is 1. The summed E-state index contributed by atoms with van der Waals surface area (Å²) < 4.78 is 0. The maximum Gasteiger partial charge on any atom is 0.256 e. The molecule has 2 heteroatoms. The molecule has 0 aliphatic rings. The zero-order chi connectivity index (χ0) is 14.0. The van der Waals surface area contributed by atoms with Gasteiger partial charge in [0.1, 0.15) is 0 Å². The molecule has 98 valence electrons. The molecule has 0 bridgehead atoms. The molecule has 0 heterocycles. The first kappa shape index (κ1) is 13.3. The minimum atomic E-state index is -0.0427. The van der Waals surface area contributed by atoms with Crippen molar-refractivity contribution in [3.63, 3.8) is 0 Å². The molecule has 2 aromatic rings. The third-order valence-electron chi connectivity index (χ3n) is 3.21. The summed E-state index contributed by atoms with van der Waals surface area (Å²) in [6.07, 6.45) is 0. The van der Waals surface area contributed by atoms with Crippen LogP contribution in [0, 0.1) is 27.7 Å². The molecular weight excluding hydrogens is 234 g/mol. The number of benzene rings is 2. The van der Waals surface area contributed by atoms with E-state index in [1.807, 2.05) is 64.1 Å². The average molecular weight is 253 g/mol. The van der Waals surface area contributed by atoms with Gasteiger partial charge in [-0.1, -0.05) is 35.4 Å². The summed E-state index contributed by atoms with van der Waals surface area (Å²) in [7, 11) is 0. The molecule has 0 spiro atoms. The van der Waals surface area contributed by atoms with E-state index in [1.165, 1.54) is 11.1 Å². The Bertz CT molecular complexity index is 589. The van der Waals surface area contributed by atoms with Gasteiger partial charge in [-0.05, 0) is 51.0 Å². The first-order valence-electron chi connectivity index (χ1n) is 6.43. The predicted molar refractivity (Wildman–Crippen MR) is 79.8 cm³/mol. The fourth-order valence-electron chi connectivity index (χ4n) is 2.37. The highest BCUT2D eigenvalue weighted by Gasteiger charge is 2.12. The quantitative estimate of drug-likeness (QED) is 0.855. The Labute approximate surface area is 114 Å². The van der Waals surface area contributed by atoms with E-state index in [4.69, 9.17) is 0 Å². The molecule has 0 radical (unpaired) electrons. The Morgan fingerprint density at radius 3 is 1.89 bits per heavy atom. The van der Waals surface area contributed by atoms with Crippen molar-refractivity contribution in [2.75, 3.05) is 5.32 Å². The SMILES string of the molecule is Cc1ccc(NC(=O)c2c(C)cc(C)cc2C)cc1. The Kier molecular flexibility index (Phi) is 3.70. The van der Waals surface area contributed by atoms with Gasteiger partial charge in [0.15, 0.2) is 0 Å². The van der Waals surface area contributed by atoms with Crippen molar-refractivity contribution in [2.24, 2.45) is 0 Å². The van der Waals surface area contributed by atoms with Gasteiger partial charge < -0.3 is 5.32 Å². The summed E-state index contributed by atoms with van der Waals surface area (Å²) in [5, 5.41) is 2.95. The summed E-state index contributed by atoms with van der Waals surface area (Å²) in [6, 6.07) is 11.9. The van der Waals surface area contributed by atoms with Crippen LogP contribution in [-0.2, 0) is 0 Å². The molecule has 0 saturated heterocycles. The molecule has 0 unspecified atom stereocenters. The zero-order valence-corrected chi connectivity index (χ0v) is 11.9. The third kappa shape index (κ3) is 3.02. The normalized spacial score (nSPS) is 10.3. The van der Waals surface area contributed by atoms with Crippen LogP contribution >= 0.6 is 0 Å². The van der Waals surface area contributed by atoms with Gasteiger partial charge in [-0.3, -0.25) is 4.79 Å². The number of nitrogens with one attached hydrogen (secondary N) is 1. The number of rotatable bonds is 2. The van der Waals surface area contributed by atoms with Gasteiger partial charge in [-0.15, -0.1) is 0 Å². The van der Waals surface area contributed by atoms with Crippen molar-refractivity contribution in [3.05, 3.63) is 64.2 Å². The zero-order valence-electron chi connectivity index (χ0n) is 11.9. The highest BCUT2D eigenvalue weighted by molar-refractivity contribution is 6.06. The van der Waals surface area contributed by atoms with E-state index in [1.54, 1.807) is 0 Å². The van der Waals surface area contributed by atoms with E-state index in [9.17, 15) is 4.79 Å². The number of hydrogen-bond donors (Lipinski definition) is 1. The molecule has 0 aliphatic carbocycles. The van der Waals surface area contributed by atoms with Gasteiger partial charge in [0, 0.05) is 11.3 Å². The molecule has 0 saturated carbocycles. The van der Waals surface area contributed by atoms with Gasteiger partial charge in [0.2, 0.25) is 0 Å². The molecule has 1 amide bonds. The summed E-state index contributed by atoms with van der Waals surface area (Å²) in [6.45, 7) is 8.02. The van der Waals surface area contributed by atoms with Crippen LogP contribution in [0.1, 0.15) is 32.6 Å². The van der Waals surface area contributed by atoms with Crippen LogP contribution in [0.2, 0.25) is 0 Å². The number of anilines is 1. The van der Waals surface area contributed by atoms with Gasteiger partial charge in [-0.25, -0.2) is 0 Å². The Morgan fingerprint density at radius 2 is 1.37 bits per heavy atom. The van der Waals surface area contributed by atoms with Gasteiger partial charge in [0.25, 0.3) is 5.91 Å². The summed E-state index contributed by atoms with van der Waals surface area (Å²) in [5.41, 5.74) is 5.99. The minimum Gasteiger partial charge on any atom is -0.322 e. The lowest BCUT2D eigenvalue weighted by molar-refractivity contribution is 0.102.